The van der Waals surface area contributed by atoms with E-state index in [9.17, 15) is 0 Å². The number of nitrogens with two attached hydrogens (primary N) is 1. The third-order valence-electron chi connectivity index (χ3n) is 4.78. The Morgan fingerprint density at radius 2 is 1.89 bits per heavy atom. The van der Waals surface area contributed by atoms with Crippen LogP contribution in [0.4, 0.5) is 0 Å². The molecule has 0 spiro atoms. The molecule has 100 valence electrons. The molecular weight excluding hydrogens is 244 g/mol. The molecule has 3 rings (SSSR count). The van der Waals surface area contributed by atoms with E-state index >= 15 is 0 Å². The summed E-state index contributed by atoms with van der Waals surface area (Å²) in [5.41, 5.74) is 7.58. The monoisotopic (exact) mass is 266 g/mol. The summed E-state index contributed by atoms with van der Waals surface area (Å²) in [4.78, 5) is 2.31. The number of halogens is 1. The van der Waals surface area contributed by atoms with Crippen molar-refractivity contribution in [3.63, 3.8) is 0 Å². The Bertz CT molecular complexity index is 386. The lowest BCUT2D eigenvalue weighted by Crippen LogP contribution is -2.41. The highest BCUT2D eigenvalue weighted by Gasteiger charge is 2.32. The topological polar surface area (TPSA) is 29.3 Å². The highest BCUT2D eigenvalue weighted by molar-refractivity contribution is 6.30. The van der Waals surface area contributed by atoms with Gasteiger partial charge in [0.05, 0.1) is 5.82 Å². The minimum atomic E-state index is 0.720. The molecule has 2 aliphatic carbocycles. The zero-order valence-electron chi connectivity index (χ0n) is 11.0. The summed E-state index contributed by atoms with van der Waals surface area (Å²) in [5, 5.41) is 1.05. The average molecular weight is 267 g/mol. The Morgan fingerprint density at radius 1 is 1.11 bits per heavy atom. The van der Waals surface area contributed by atoms with Crippen LogP contribution in [-0.2, 0) is 0 Å². The number of hydrogen-bond donors (Lipinski definition) is 1. The third-order valence-corrected chi connectivity index (χ3v) is 5.19. The van der Waals surface area contributed by atoms with Gasteiger partial charge in [0.15, 0.2) is 0 Å². The number of allylic oxidation sites excluding steroid dienone is 3. The number of nitrogens with zero attached hydrogens (tertiary/aromatic N) is 1. The van der Waals surface area contributed by atoms with Crippen molar-refractivity contribution >= 4 is 11.6 Å². The predicted octanol–water partition coefficient (Wildman–Crippen LogP) is 3.93. The van der Waals surface area contributed by atoms with Gasteiger partial charge in [0.25, 0.3) is 0 Å². The van der Waals surface area contributed by atoms with E-state index in [1.54, 1.807) is 0 Å². The molecule has 1 saturated carbocycles. The predicted molar refractivity (Wildman–Crippen MR) is 75.8 cm³/mol. The molecule has 2 nitrogen and oxygen atoms in total. The van der Waals surface area contributed by atoms with Crippen LogP contribution in [0, 0.1) is 11.8 Å². The molecule has 0 radical (unpaired) electrons. The first-order valence-electron chi connectivity index (χ1n) is 7.38. The molecule has 2 unspecified atom stereocenters. The normalized spacial score (nSPS) is 33.2. The summed E-state index contributed by atoms with van der Waals surface area (Å²) >= 11 is 6.41. The first-order chi connectivity index (χ1) is 8.75. The quantitative estimate of drug-likeness (QED) is 0.779. The molecule has 1 heterocycles. The van der Waals surface area contributed by atoms with E-state index in [1.807, 2.05) is 0 Å². The number of rotatable bonds is 1. The molecular formula is C15H23ClN2. The van der Waals surface area contributed by atoms with E-state index < -0.39 is 0 Å². The summed E-state index contributed by atoms with van der Waals surface area (Å²) in [6, 6.07) is 0. The standard InChI is InChI=1S/C15H23ClN2/c16-13-7-3-4-8-14(13)18-10-12-6-2-1-5-11(12)9-15(18)17/h9,11-12H,1-8,10,17H2. The second kappa shape index (κ2) is 5.16. The molecule has 0 saturated heterocycles. The van der Waals surface area contributed by atoms with Gasteiger partial charge in [-0.15, -0.1) is 0 Å². The van der Waals surface area contributed by atoms with E-state index in [0.717, 1.165) is 42.1 Å². The fraction of sp³-hybridized carbons (Fsp3) is 0.733. The molecule has 0 amide bonds. The van der Waals surface area contributed by atoms with Gasteiger partial charge in [-0.25, -0.2) is 0 Å². The van der Waals surface area contributed by atoms with Gasteiger partial charge >= 0.3 is 0 Å². The highest BCUT2D eigenvalue weighted by atomic mass is 35.5. The van der Waals surface area contributed by atoms with Crippen LogP contribution in [0.15, 0.2) is 22.6 Å². The minimum Gasteiger partial charge on any atom is -0.385 e. The first-order valence-corrected chi connectivity index (χ1v) is 7.76. The smallest absolute Gasteiger partial charge is 0.0991 e. The second-order valence-corrected chi connectivity index (χ2v) is 6.43. The van der Waals surface area contributed by atoms with Crippen LogP contribution < -0.4 is 5.73 Å². The minimum absolute atomic E-state index is 0.720. The van der Waals surface area contributed by atoms with Crippen LogP contribution >= 0.6 is 11.6 Å². The second-order valence-electron chi connectivity index (χ2n) is 5.97. The van der Waals surface area contributed by atoms with E-state index in [1.165, 1.54) is 44.2 Å². The number of fused-ring (bicyclic) bond motifs is 1. The summed E-state index contributed by atoms with van der Waals surface area (Å²) in [5.74, 6) is 2.47. The van der Waals surface area contributed by atoms with Gasteiger partial charge in [0, 0.05) is 17.3 Å². The SMILES string of the molecule is NC1=CC2CCCCC2CN1C1=C(Cl)CCCC1. The lowest BCUT2D eigenvalue weighted by atomic mass is 9.77. The maximum Gasteiger partial charge on any atom is 0.0991 e. The van der Waals surface area contributed by atoms with Gasteiger partial charge in [0.2, 0.25) is 0 Å². The molecule has 2 N–H and O–H groups in total. The van der Waals surface area contributed by atoms with Gasteiger partial charge in [-0.2, -0.15) is 0 Å². The molecule has 1 fully saturated rings. The van der Waals surface area contributed by atoms with E-state index in [-0.39, 0.29) is 0 Å². The maximum absolute atomic E-state index is 6.41. The summed E-state index contributed by atoms with van der Waals surface area (Å²) in [7, 11) is 0. The zero-order chi connectivity index (χ0) is 12.5. The molecule has 18 heavy (non-hydrogen) atoms. The van der Waals surface area contributed by atoms with Gasteiger partial charge < -0.3 is 10.6 Å². The molecule has 0 aromatic rings. The Morgan fingerprint density at radius 3 is 2.72 bits per heavy atom. The molecule has 3 heteroatoms. The van der Waals surface area contributed by atoms with E-state index in [2.05, 4.69) is 11.0 Å². The van der Waals surface area contributed by atoms with E-state index in [0.29, 0.717) is 0 Å². The van der Waals surface area contributed by atoms with Crippen LogP contribution in [0.3, 0.4) is 0 Å². The highest BCUT2D eigenvalue weighted by Crippen LogP contribution is 2.39. The Labute approximate surface area is 115 Å². The Balaban J connectivity index is 1.84. The van der Waals surface area contributed by atoms with Crippen molar-refractivity contribution in [3.8, 4) is 0 Å². The van der Waals surface area contributed by atoms with Gasteiger partial charge in [-0.1, -0.05) is 24.4 Å². The van der Waals surface area contributed by atoms with Crippen molar-refractivity contribution in [1.29, 1.82) is 0 Å². The van der Waals surface area contributed by atoms with Crippen molar-refractivity contribution in [2.24, 2.45) is 17.6 Å². The Kier molecular flexibility index (Phi) is 3.56. The van der Waals surface area contributed by atoms with Crippen LogP contribution in [0.2, 0.25) is 0 Å². The summed E-state index contributed by atoms with van der Waals surface area (Å²) < 4.78 is 0. The lowest BCUT2D eigenvalue weighted by molar-refractivity contribution is 0.193. The Hall–Kier alpha value is -0.630. The molecule has 3 aliphatic rings. The maximum atomic E-state index is 6.41. The fourth-order valence-electron chi connectivity index (χ4n) is 3.73. The van der Waals surface area contributed by atoms with Crippen LogP contribution in [0.1, 0.15) is 51.4 Å². The van der Waals surface area contributed by atoms with Crippen molar-refractivity contribution in [1.82, 2.24) is 4.90 Å². The van der Waals surface area contributed by atoms with Crippen LogP contribution in [0.5, 0.6) is 0 Å². The van der Waals surface area contributed by atoms with E-state index in [4.69, 9.17) is 17.3 Å². The summed E-state index contributed by atoms with van der Waals surface area (Å²) in [6.45, 7) is 1.10. The van der Waals surface area contributed by atoms with Gasteiger partial charge in [0.1, 0.15) is 0 Å². The lowest BCUT2D eigenvalue weighted by Gasteiger charge is -2.42. The van der Waals surface area contributed by atoms with Crippen molar-refractivity contribution in [2.45, 2.75) is 51.4 Å². The number of hydrogen-bond acceptors (Lipinski definition) is 2. The average Bonchev–Trinajstić information content (AvgIpc) is 2.39. The molecule has 0 bridgehead atoms. The third kappa shape index (κ3) is 2.27. The largest absolute Gasteiger partial charge is 0.385 e. The fourth-order valence-corrected chi connectivity index (χ4v) is 4.06. The van der Waals surface area contributed by atoms with Crippen molar-refractivity contribution in [3.05, 3.63) is 22.6 Å². The van der Waals surface area contributed by atoms with Crippen molar-refractivity contribution in [2.75, 3.05) is 6.54 Å². The van der Waals surface area contributed by atoms with Crippen LogP contribution in [0.25, 0.3) is 0 Å². The summed E-state index contributed by atoms with van der Waals surface area (Å²) in [6.07, 6.45) is 12.4. The molecule has 0 aromatic carbocycles. The van der Waals surface area contributed by atoms with Gasteiger partial charge in [-0.05, 0) is 56.4 Å². The molecule has 1 aliphatic heterocycles. The van der Waals surface area contributed by atoms with Gasteiger partial charge in [-0.3, -0.25) is 0 Å². The molecule has 0 aromatic heterocycles. The van der Waals surface area contributed by atoms with Crippen LogP contribution in [-0.4, -0.2) is 11.4 Å². The van der Waals surface area contributed by atoms with Crippen molar-refractivity contribution < 1.29 is 0 Å². The zero-order valence-corrected chi connectivity index (χ0v) is 11.8. The molecule has 2 atom stereocenters. The first kappa shape index (κ1) is 12.4.